The van der Waals surface area contributed by atoms with Gasteiger partial charge in [0.1, 0.15) is 11.5 Å². The van der Waals surface area contributed by atoms with Gasteiger partial charge in [0, 0.05) is 36.4 Å². The molecule has 0 spiro atoms. The van der Waals surface area contributed by atoms with Crippen molar-refractivity contribution in [2.75, 3.05) is 18.4 Å². The molecule has 4 rings (SSSR count). The SMILES string of the molecule is Cc1ccc(CN(C(=O)Nc2ccc(C)c(Cl)c2)C2CCN(Cc3ccccc3)CC2)o1. The molecular weight excluding hydrogens is 422 g/mol. The molecule has 0 bridgehead atoms. The third kappa shape index (κ3) is 5.72. The predicted molar refractivity (Wildman–Crippen MR) is 129 cm³/mol. The van der Waals surface area contributed by atoms with Crippen LogP contribution in [0.25, 0.3) is 0 Å². The Hall–Kier alpha value is -2.76. The summed E-state index contributed by atoms with van der Waals surface area (Å²) in [7, 11) is 0. The van der Waals surface area contributed by atoms with E-state index in [4.69, 9.17) is 16.0 Å². The molecule has 0 unspecified atom stereocenters. The number of furan rings is 1. The number of piperidine rings is 1. The lowest BCUT2D eigenvalue weighted by Crippen LogP contribution is -2.48. The lowest BCUT2D eigenvalue weighted by atomic mass is 10.0. The highest BCUT2D eigenvalue weighted by Crippen LogP contribution is 2.24. The highest BCUT2D eigenvalue weighted by molar-refractivity contribution is 6.31. The van der Waals surface area contributed by atoms with Crippen LogP contribution in [0.4, 0.5) is 10.5 Å². The van der Waals surface area contributed by atoms with Gasteiger partial charge in [0.2, 0.25) is 0 Å². The van der Waals surface area contributed by atoms with Crippen LogP contribution in [0, 0.1) is 13.8 Å². The number of amides is 2. The number of halogens is 1. The first-order chi connectivity index (χ1) is 15.5. The first-order valence-electron chi connectivity index (χ1n) is 11.1. The second kappa shape index (κ2) is 10.2. The summed E-state index contributed by atoms with van der Waals surface area (Å²) in [4.78, 5) is 17.7. The van der Waals surface area contributed by atoms with Gasteiger partial charge in [0.15, 0.2) is 0 Å². The van der Waals surface area contributed by atoms with E-state index in [1.54, 1.807) is 6.07 Å². The van der Waals surface area contributed by atoms with Crippen molar-refractivity contribution in [1.82, 2.24) is 9.80 Å². The molecule has 2 amide bonds. The van der Waals surface area contributed by atoms with Crippen LogP contribution < -0.4 is 5.32 Å². The van der Waals surface area contributed by atoms with Gasteiger partial charge in [-0.3, -0.25) is 4.90 Å². The van der Waals surface area contributed by atoms with Crippen LogP contribution in [-0.2, 0) is 13.1 Å². The smallest absolute Gasteiger partial charge is 0.322 e. The molecule has 1 aliphatic rings. The van der Waals surface area contributed by atoms with Crippen molar-refractivity contribution in [2.24, 2.45) is 0 Å². The fraction of sp³-hybridized carbons (Fsp3) is 0.346. The number of anilines is 1. The van der Waals surface area contributed by atoms with Crippen LogP contribution in [0.5, 0.6) is 0 Å². The van der Waals surface area contributed by atoms with Gasteiger partial charge in [-0.2, -0.15) is 0 Å². The molecule has 0 atom stereocenters. The van der Waals surface area contributed by atoms with Crippen LogP contribution >= 0.6 is 11.6 Å². The van der Waals surface area contributed by atoms with Crippen molar-refractivity contribution < 1.29 is 9.21 Å². The molecule has 0 aliphatic carbocycles. The summed E-state index contributed by atoms with van der Waals surface area (Å²) in [6.07, 6.45) is 1.85. The molecule has 5 nitrogen and oxygen atoms in total. The number of likely N-dealkylation sites (tertiary alicyclic amines) is 1. The topological polar surface area (TPSA) is 48.7 Å². The molecule has 1 fully saturated rings. The molecule has 1 aliphatic heterocycles. The number of hydrogen-bond donors (Lipinski definition) is 1. The standard InChI is InChI=1S/C26H30ClN3O2/c1-19-8-10-22(16-25(19)27)28-26(31)30(18-24-11-9-20(2)32-24)23-12-14-29(15-13-23)17-21-6-4-3-5-7-21/h3-11,16,23H,12-15,17-18H2,1-2H3,(H,28,31). The lowest BCUT2D eigenvalue weighted by molar-refractivity contribution is 0.115. The summed E-state index contributed by atoms with van der Waals surface area (Å²) in [6.45, 7) is 7.17. The fourth-order valence-corrected chi connectivity index (χ4v) is 4.38. The van der Waals surface area contributed by atoms with Crippen LogP contribution in [0.15, 0.2) is 65.1 Å². The minimum atomic E-state index is -0.125. The Morgan fingerprint density at radius 1 is 1.09 bits per heavy atom. The Balaban J connectivity index is 1.44. The Bertz CT molecular complexity index is 1040. The molecule has 168 valence electrons. The van der Waals surface area contributed by atoms with Gasteiger partial charge >= 0.3 is 6.03 Å². The molecule has 0 saturated carbocycles. The normalized spacial score (nSPS) is 15.0. The zero-order valence-electron chi connectivity index (χ0n) is 18.7. The fourth-order valence-electron chi connectivity index (χ4n) is 4.20. The Morgan fingerprint density at radius 2 is 1.84 bits per heavy atom. The van der Waals surface area contributed by atoms with E-state index in [9.17, 15) is 4.79 Å². The Kier molecular flexibility index (Phi) is 7.18. The van der Waals surface area contributed by atoms with Gasteiger partial charge in [-0.15, -0.1) is 0 Å². The van der Waals surface area contributed by atoms with Gasteiger partial charge in [-0.25, -0.2) is 4.79 Å². The summed E-state index contributed by atoms with van der Waals surface area (Å²) in [6, 6.07) is 20.0. The first kappa shape index (κ1) is 22.4. The van der Waals surface area contributed by atoms with Crippen LogP contribution in [0.1, 0.15) is 35.5 Å². The van der Waals surface area contributed by atoms with Crippen molar-refractivity contribution in [3.63, 3.8) is 0 Å². The zero-order valence-corrected chi connectivity index (χ0v) is 19.4. The number of rotatable bonds is 6. The van der Waals surface area contributed by atoms with Crippen molar-refractivity contribution >= 4 is 23.3 Å². The molecule has 1 aromatic heterocycles. The van der Waals surface area contributed by atoms with E-state index in [1.807, 2.05) is 49.1 Å². The van der Waals surface area contributed by atoms with Crippen LogP contribution in [0.3, 0.4) is 0 Å². The number of benzene rings is 2. The lowest BCUT2D eigenvalue weighted by Gasteiger charge is -2.38. The minimum absolute atomic E-state index is 0.125. The number of nitrogens with one attached hydrogen (secondary N) is 1. The molecule has 3 aromatic rings. The van der Waals surface area contributed by atoms with Crippen molar-refractivity contribution in [3.8, 4) is 0 Å². The highest BCUT2D eigenvalue weighted by Gasteiger charge is 2.29. The van der Waals surface area contributed by atoms with Gasteiger partial charge in [0.05, 0.1) is 6.54 Å². The molecule has 0 radical (unpaired) electrons. The number of carbonyl (C=O) groups is 1. The van der Waals surface area contributed by atoms with Gasteiger partial charge in [-0.05, 0) is 62.1 Å². The van der Waals surface area contributed by atoms with Gasteiger partial charge < -0.3 is 14.6 Å². The van der Waals surface area contributed by atoms with Crippen molar-refractivity contribution in [1.29, 1.82) is 0 Å². The van der Waals surface area contributed by atoms with Crippen molar-refractivity contribution in [3.05, 3.63) is 88.3 Å². The number of nitrogens with zero attached hydrogens (tertiary/aromatic N) is 2. The number of aryl methyl sites for hydroxylation is 2. The van der Waals surface area contributed by atoms with E-state index >= 15 is 0 Å². The van der Waals surface area contributed by atoms with Crippen molar-refractivity contribution in [2.45, 2.75) is 45.8 Å². The average molecular weight is 452 g/mol. The summed E-state index contributed by atoms with van der Waals surface area (Å²) in [5.41, 5.74) is 3.01. The Morgan fingerprint density at radius 3 is 2.50 bits per heavy atom. The minimum Gasteiger partial charge on any atom is -0.464 e. The van der Waals surface area contributed by atoms with Crippen LogP contribution in [0.2, 0.25) is 5.02 Å². The number of carbonyl (C=O) groups excluding carboxylic acids is 1. The van der Waals surface area contributed by atoms with Gasteiger partial charge in [-0.1, -0.05) is 48.0 Å². The van der Waals surface area contributed by atoms with Crippen LogP contribution in [-0.4, -0.2) is 35.0 Å². The third-order valence-corrected chi connectivity index (χ3v) is 6.46. The summed E-state index contributed by atoms with van der Waals surface area (Å²) in [5, 5.41) is 3.68. The highest BCUT2D eigenvalue weighted by atomic mass is 35.5. The maximum atomic E-state index is 13.3. The predicted octanol–water partition coefficient (Wildman–Crippen LogP) is 6.25. The zero-order chi connectivity index (χ0) is 22.5. The molecule has 2 heterocycles. The summed E-state index contributed by atoms with van der Waals surface area (Å²) >= 11 is 6.26. The first-order valence-corrected chi connectivity index (χ1v) is 11.5. The summed E-state index contributed by atoms with van der Waals surface area (Å²) < 4.78 is 5.79. The van der Waals surface area contributed by atoms with E-state index in [-0.39, 0.29) is 12.1 Å². The second-order valence-corrected chi connectivity index (χ2v) is 8.93. The molecule has 1 N–H and O–H groups in total. The largest absolute Gasteiger partial charge is 0.464 e. The molecule has 6 heteroatoms. The molecule has 1 saturated heterocycles. The van der Waals surface area contributed by atoms with E-state index in [0.29, 0.717) is 17.3 Å². The summed E-state index contributed by atoms with van der Waals surface area (Å²) in [5.74, 6) is 1.65. The van der Waals surface area contributed by atoms with E-state index < -0.39 is 0 Å². The molecule has 2 aromatic carbocycles. The maximum Gasteiger partial charge on any atom is 0.322 e. The Labute approximate surface area is 195 Å². The number of urea groups is 1. The molecule has 32 heavy (non-hydrogen) atoms. The quantitative estimate of drug-likeness (QED) is 0.482. The maximum absolute atomic E-state index is 13.3. The number of hydrogen-bond acceptors (Lipinski definition) is 3. The van der Waals surface area contributed by atoms with E-state index in [0.717, 1.165) is 49.6 Å². The molecular formula is C26H30ClN3O2. The third-order valence-electron chi connectivity index (χ3n) is 6.05. The van der Waals surface area contributed by atoms with Gasteiger partial charge in [0.25, 0.3) is 0 Å². The monoisotopic (exact) mass is 451 g/mol. The average Bonchev–Trinajstić information content (AvgIpc) is 3.21. The second-order valence-electron chi connectivity index (χ2n) is 8.53. The van der Waals surface area contributed by atoms with E-state index in [2.05, 4.69) is 34.5 Å². The van der Waals surface area contributed by atoms with E-state index in [1.165, 1.54) is 5.56 Å².